The van der Waals surface area contributed by atoms with E-state index in [4.69, 9.17) is 4.74 Å². The average Bonchev–Trinajstić information content (AvgIpc) is 3.26. The molecular formula is C22H30N4O4S2. The van der Waals surface area contributed by atoms with Crippen LogP contribution in [0.15, 0.2) is 30.9 Å². The van der Waals surface area contributed by atoms with Gasteiger partial charge < -0.3 is 9.84 Å². The molecule has 3 rings (SSSR count). The van der Waals surface area contributed by atoms with Gasteiger partial charge in [-0.05, 0) is 44.6 Å². The summed E-state index contributed by atoms with van der Waals surface area (Å²) in [7, 11) is -4.16. The Morgan fingerprint density at radius 1 is 1.16 bits per heavy atom. The minimum atomic E-state index is -3.54. The van der Waals surface area contributed by atoms with Crippen molar-refractivity contribution in [1.29, 1.82) is 0 Å². The number of ether oxygens (including phenoxy) is 1. The highest BCUT2D eigenvalue weighted by atomic mass is 32.3. The summed E-state index contributed by atoms with van der Waals surface area (Å²) in [6.07, 6.45) is 14.4. The highest BCUT2D eigenvalue weighted by Gasteiger charge is 2.18. The second kappa shape index (κ2) is 8.90. The molecule has 0 aliphatic rings. The molecule has 0 fully saturated rings. The van der Waals surface area contributed by atoms with Gasteiger partial charge in [-0.2, -0.15) is 5.10 Å². The number of aliphatic hydroxyl groups is 1. The number of hydrogen-bond donors (Lipinski definition) is 1. The Morgan fingerprint density at radius 3 is 2.50 bits per heavy atom. The van der Waals surface area contributed by atoms with Gasteiger partial charge in [0.25, 0.3) is 0 Å². The van der Waals surface area contributed by atoms with E-state index < -0.39 is 25.7 Å². The van der Waals surface area contributed by atoms with Gasteiger partial charge in [0.2, 0.25) is 10.0 Å². The van der Waals surface area contributed by atoms with Crippen molar-refractivity contribution < 1.29 is 18.3 Å². The van der Waals surface area contributed by atoms with Crippen molar-refractivity contribution in [2.75, 3.05) is 37.4 Å². The van der Waals surface area contributed by atoms with Crippen LogP contribution in [0.1, 0.15) is 19.5 Å². The first kappa shape index (κ1) is 24.3. The van der Waals surface area contributed by atoms with E-state index in [2.05, 4.69) is 40.7 Å². The minimum Gasteiger partial charge on any atom is -0.378 e. The van der Waals surface area contributed by atoms with Crippen molar-refractivity contribution in [3.63, 3.8) is 0 Å². The molecule has 0 unspecified atom stereocenters. The summed E-state index contributed by atoms with van der Waals surface area (Å²) in [5.41, 5.74) is 1.19. The summed E-state index contributed by atoms with van der Waals surface area (Å²) in [6, 6.07) is 1.73. The van der Waals surface area contributed by atoms with Gasteiger partial charge in [-0.1, -0.05) is 5.92 Å². The summed E-state index contributed by atoms with van der Waals surface area (Å²) >= 11 is 0. The third-order valence-corrected chi connectivity index (χ3v) is 6.93. The van der Waals surface area contributed by atoms with Gasteiger partial charge >= 0.3 is 0 Å². The van der Waals surface area contributed by atoms with E-state index in [9.17, 15) is 13.5 Å². The molecule has 32 heavy (non-hydrogen) atoms. The third kappa shape index (κ3) is 6.36. The molecule has 0 amide bonds. The predicted octanol–water partition coefficient (Wildman–Crippen LogP) is 2.50. The zero-order valence-corrected chi connectivity index (χ0v) is 20.9. The SMILES string of the molecule is CC(C)(O)C#Cc1cc2c(-c3cnn(COCCS(C)(C)C)c3)cn(S(C)(=O)=O)c2cn1. The zero-order chi connectivity index (χ0) is 23.7. The van der Waals surface area contributed by atoms with Gasteiger partial charge in [0.15, 0.2) is 0 Å². The van der Waals surface area contributed by atoms with E-state index in [-0.39, 0.29) is 0 Å². The van der Waals surface area contributed by atoms with E-state index in [1.165, 1.54) is 10.2 Å². The van der Waals surface area contributed by atoms with Crippen LogP contribution in [0.3, 0.4) is 0 Å². The predicted molar refractivity (Wildman–Crippen MR) is 131 cm³/mol. The standard InChI is InChI=1S/C22H30N4O4S2/c1-22(2,27)8-7-18-11-19-20(15-26(32(6,28)29)21(19)13-23-18)17-12-24-25(14-17)16-30-9-10-31(3,4)5/h11-15,27H,9-10,16H2,1-6H3. The van der Waals surface area contributed by atoms with Crippen LogP contribution in [0.5, 0.6) is 0 Å². The van der Waals surface area contributed by atoms with E-state index in [1.807, 2.05) is 6.20 Å². The van der Waals surface area contributed by atoms with Crippen LogP contribution in [0.25, 0.3) is 22.0 Å². The smallest absolute Gasteiger partial charge is 0.236 e. The number of hydrogen-bond acceptors (Lipinski definition) is 6. The average molecular weight is 479 g/mol. The molecule has 3 aromatic heterocycles. The van der Waals surface area contributed by atoms with Gasteiger partial charge in [0.05, 0.1) is 30.8 Å². The Labute approximate surface area is 191 Å². The van der Waals surface area contributed by atoms with Crippen LogP contribution in [-0.2, 0) is 21.5 Å². The van der Waals surface area contributed by atoms with Crippen LogP contribution in [-0.4, -0.2) is 75.2 Å². The van der Waals surface area contributed by atoms with Gasteiger partial charge in [0, 0.05) is 34.7 Å². The molecule has 174 valence electrons. The lowest BCUT2D eigenvalue weighted by Crippen LogP contribution is -2.14. The maximum Gasteiger partial charge on any atom is 0.236 e. The molecule has 0 saturated carbocycles. The number of pyridine rings is 1. The van der Waals surface area contributed by atoms with Crippen LogP contribution in [0.4, 0.5) is 0 Å². The monoisotopic (exact) mass is 478 g/mol. The minimum absolute atomic E-state index is 0.324. The van der Waals surface area contributed by atoms with E-state index in [1.54, 1.807) is 37.0 Å². The first-order valence-electron chi connectivity index (χ1n) is 9.97. The Bertz CT molecular complexity index is 1280. The third-order valence-electron chi connectivity index (χ3n) is 4.52. The van der Waals surface area contributed by atoms with Crippen LogP contribution >= 0.6 is 10.0 Å². The number of fused-ring (bicyclic) bond motifs is 1. The van der Waals surface area contributed by atoms with Crippen LogP contribution in [0, 0.1) is 11.8 Å². The quantitative estimate of drug-likeness (QED) is 0.414. The molecule has 0 aromatic carbocycles. The highest BCUT2D eigenvalue weighted by Crippen LogP contribution is 2.34. The summed E-state index contributed by atoms with van der Waals surface area (Å²) in [6.45, 7) is 4.16. The molecule has 8 nitrogen and oxygen atoms in total. The maximum absolute atomic E-state index is 12.3. The number of nitrogens with zero attached hydrogens (tertiary/aromatic N) is 4. The first-order valence-corrected chi connectivity index (χ1v) is 14.8. The lowest BCUT2D eigenvalue weighted by molar-refractivity contribution is 0.0809. The van der Waals surface area contributed by atoms with E-state index >= 15 is 0 Å². The van der Waals surface area contributed by atoms with Gasteiger partial charge in [-0.25, -0.2) is 32.1 Å². The molecule has 0 spiro atoms. The normalized spacial score (nSPS) is 13.2. The summed E-state index contributed by atoms with van der Waals surface area (Å²) < 4.78 is 33.3. The largest absolute Gasteiger partial charge is 0.378 e. The van der Waals surface area contributed by atoms with Crippen molar-refractivity contribution in [2.45, 2.75) is 26.2 Å². The molecule has 0 saturated heterocycles. The van der Waals surface area contributed by atoms with Crippen molar-refractivity contribution in [3.8, 4) is 23.0 Å². The summed E-state index contributed by atoms with van der Waals surface area (Å²) in [4.78, 5) is 4.26. The van der Waals surface area contributed by atoms with Crippen LogP contribution in [0.2, 0.25) is 0 Å². The number of aromatic nitrogens is 4. The molecule has 0 aliphatic carbocycles. The highest BCUT2D eigenvalue weighted by molar-refractivity contribution is 8.32. The number of rotatable bonds is 7. The van der Waals surface area contributed by atoms with Crippen molar-refractivity contribution >= 4 is 31.0 Å². The molecule has 3 heterocycles. The Balaban J connectivity index is 1.96. The molecule has 0 atom stereocenters. The topological polar surface area (TPSA) is 99.2 Å². The molecular weight excluding hydrogens is 448 g/mol. The molecule has 0 bridgehead atoms. The van der Waals surface area contributed by atoms with Crippen LogP contribution < -0.4 is 0 Å². The van der Waals surface area contributed by atoms with Gasteiger partial charge in [-0.15, -0.1) is 0 Å². The fraction of sp³-hybridized carbons (Fsp3) is 0.455. The van der Waals surface area contributed by atoms with E-state index in [0.29, 0.717) is 35.5 Å². The van der Waals surface area contributed by atoms with Crippen molar-refractivity contribution in [2.24, 2.45) is 0 Å². The molecule has 1 N–H and O–H groups in total. The zero-order valence-electron chi connectivity index (χ0n) is 19.3. The fourth-order valence-electron chi connectivity index (χ4n) is 2.93. The molecule has 0 aliphatic heterocycles. The lowest BCUT2D eigenvalue weighted by atomic mass is 10.1. The van der Waals surface area contributed by atoms with Crippen molar-refractivity contribution in [1.82, 2.24) is 18.7 Å². The first-order chi connectivity index (χ1) is 14.7. The summed E-state index contributed by atoms with van der Waals surface area (Å²) in [5, 5.41) is 14.9. The second-order valence-corrected chi connectivity index (χ2v) is 15.5. The molecule has 0 radical (unpaired) electrons. The summed E-state index contributed by atoms with van der Waals surface area (Å²) in [5.74, 6) is 6.59. The van der Waals surface area contributed by atoms with Gasteiger partial charge in [0.1, 0.15) is 18.0 Å². The second-order valence-electron chi connectivity index (χ2n) is 9.10. The molecule has 10 heteroatoms. The van der Waals surface area contributed by atoms with Crippen molar-refractivity contribution in [3.05, 3.63) is 36.5 Å². The Kier molecular flexibility index (Phi) is 6.77. The van der Waals surface area contributed by atoms with E-state index in [0.717, 1.165) is 17.6 Å². The van der Waals surface area contributed by atoms with Gasteiger partial charge in [-0.3, -0.25) is 0 Å². The lowest BCUT2D eigenvalue weighted by Gasteiger charge is -2.24. The maximum atomic E-state index is 12.3. The Morgan fingerprint density at radius 2 is 1.88 bits per heavy atom. The fourth-order valence-corrected chi connectivity index (χ4v) is 4.34. The Hall–Kier alpha value is -2.32. The molecule has 3 aromatic rings.